The van der Waals surface area contributed by atoms with Crippen LogP contribution in [0.4, 0.5) is 5.69 Å². The zero-order valence-electron chi connectivity index (χ0n) is 12.7. The zero-order valence-corrected chi connectivity index (χ0v) is 13.6. The first kappa shape index (κ1) is 16.3. The van der Waals surface area contributed by atoms with Gasteiger partial charge < -0.3 is 10.1 Å². The van der Waals surface area contributed by atoms with Crippen molar-refractivity contribution in [3.8, 4) is 0 Å². The molecule has 1 aromatic carbocycles. The van der Waals surface area contributed by atoms with Crippen molar-refractivity contribution in [2.45, 2.75) is 38.0 Å². The Hall–Kier alpha value is -1.11. The van der Waals surface area contributed by atoms with Gasteiger partial charge in [0, 0.05) is 32.0 Å². The summed E-state index contributed by atoms with van der Waals surface area (Å²) in [5, 5.41) is 3.32. The highest BCUT2D eigenvalue weighted by Crippen LogP contribution is 2.31. The zero-order chi connectivity index (χ0) is 15.3. The summed E-state index contributed by atoms with van der Waals surface area (Å²) in [7, 11) is -3.45. The molecule has 0 bridgehead atoms. The molecular weight excluding hydrogens is 288 g/mol. The number of fused-ring (bicyclic) bond motifs is 1. The molecule has 118 valence electrons. The smallest absolute Gasteiger partial charge is 0.240 e. The van der Waals surface area contributed by atoms with Crippen LogP contribution in [-0.4, -0.2) is 34.7 Å². The predicted octanol–water partition coefficient (Wildman–Crippen LogP) is 2.06. The van der Waals surface area contributed by atoms with Crippen LogP contribution in [0.5, 0.6) is 0 Å². The van der Waals surface area contributed by atoms with Crippen LogP contribution in [0.1, 0.15) is 30.9 Å². The van der Waals surface area contributed by atoms with Crippen molar-refractivity contribution in [2.75, 3.05) is 31.6 Å². The van der Waals surface area contributed by atoms with E-state index in [1.165, 1.54) is 0 Å². The van der Waals surface area contributed by atoms with E-state index in [0.717, 1.165) is 36.2 Å². The number of nitrogens with one attached hydrogen (secondary N) is 2. The third-order valence-corrected chi connectivity index (χ3v) is 5.18. The Morgan fingerprint density at radius 2 is 2.19 bits per heavy atom. The van der Waals surface area contributed by atoms with E-state index in [4.69, 9.17) is 4.74 Å². The first-order valence-electron chi connectivity index (χ1n) is 7.50. The van der Waals surface area contributed by atoms with Gasteiger partial charge in [-0.3, -0.25) is 0 Å². The number of aryl methyl sites for hydroxylation is 1. The molecule has 0 saturated carbocycles. The minimum Gasteiger partial charge on any atom is -0.385 e. The van der Waals surface area contributed by atoms with Gasteiger partial charge >= 0.3 is 0 Å². The lowest BCUT2D eigenvalue weighted by Gasteiger charge is -2.23. The first-order chi connectivity index (χ1) is 10.1. The second-order valence-electron chi connectivity index (χ2n) is 5.21. The maximum absolute atomic E-state index is 12.5. The molecule has 0 atom stereocenters. The summed E-state index contributed by atoms with van der Waals surface area (Å²) in [5.41, 5.74) is 3.00. The number of sulfonamides is 1. The molecule has 2 rings (SSSR count). The molecule has 5 nitrogen and oxygen atoms in total. The lowest BCUT2D eigenvalue weighted by molar-refractivity contribution is 0.146. The Kier molecular flexibility index (Phi) is 5.61. The summed E-state index contributed by atoms with van der Waals surface area (Å²) < 4.78 is 32.8. The van der Waals surface area contributed by atoms with Crippen LogP contribution < -0.4 is 10.0 Å². The second kappa shape index (κ2) is 7.24. The molecule has 0 amide bonds. The van der Waals surface area contributed by atoms with E-state index in [0.29, 0.717) is 31.1 Å². The summed E-state index contributed by atoms with van der Waals surface area (Å²) in [6.45, 7) is 6.47. The molecule has 21 heavy (non-hydrogen) atoms. The van der Waals surface area contributed by atoms with Crippen molar-refractivity contribution in [3.05, 3.63) is 23.3 Å². The highest BCUT2D eigenvalue weighted by Gasteiger charge is 2.23. The number of anilines is 1. The maximum Gasteiger partial charge on any atom is 0.240 e. The minimum atomic E-state index is -3.45. The average molecular weight is 312 g/mol. The highest BCUT2D eigenvalue weighted by atomic mass is 32.2. The fourth-order valence-electron chi connectivity index (χ4n) is 2.57. The summed E-state index contributed by atoms with van der Waals surface area (Å²) in [6, 6.07) is 3.58. The van der Waals surface area contributed by atoms with Crippen LogP contribution in [-0.2, 0) is 21.2 Å². The lowest BCUT2D eigenvalue weighted by atomic mass is 10.00. The molecule has 0 aliphatic carbocycles. The molecule has 2 N–H and O–H groups in total. The van der Waals surface area contributed by atoms with Gasteiger partial charge in [0.2, 0.25) is 10.0 Å². The van der Waals surface area contributed by atoms with Crippen LogP contribution in [0.2, 0.25) is 0 Å². The van der Waals surface area contributed by atoms with Crippen LogP contribution in [0.3, 0.4) is 0 Å². The van der Waals surface area contributed by atoms with E-state index in [9.17, 15) is 8.42 Å². The molecule has 0 aromatic heterocycles. The first-order valence-corrected chi connectivity index (χ1v) is 8.98. The predicted molar refractivity (Wildman–Crippen MR) is 84.3 cm³/mol. The molecule has 1 aliphatic rings. The summed E-state index contributed by atoms with van der Waals surface area (Å²) >= 11 is 0. The Balaban J connectivity index is 2.13. The average Bonchev–Trinajstić information content (AvgIpc) is 2.47. The maximum atomic E-state index is 12.5. The molecule has 1 heterocycles. The Morgan fingerprint density at radius 1 is 1.38 bits per heavy atom. The highest BCUT2D eigenvalue weighted by molar-refractivity contribution is 7.89. The lowest BCUT2D eigenvalue weighted by Crippen LogP contribution is -2.28. The van der Waals surface area contributed by atoms with Gasteiger partial charge in [-0.15, -0.1) is 0 Å². The molecule has 1 aromatic rings. The number of hydrogen-bond acceptors (Lipinski definition) is 4. The van der Waals surface area contributed by atoms with Crippen molar-refractivity contribution < 1.29 is 13.2 Å². The van der Waals surface area contributed by atoms with Crippen molar-refractivity contribution in [2.24, 2.45) is 0 Å². The number of ether oxygens (including phenoxy) is 1. The van der Waals surface area contributed by atoms with Gasteiger partial charge in [-0.05, 0) is 50.3 Å². The normalized spacial score (nSPS) is 14.6. The quantitative estimate of drug-likeness (QED) is 0.756. The molecule has 0 unspecified atom stereocenters. The topological polar surface area (TPSA) is 67.4 Å². The summed E-state index contributed by atoms with van der Waals surface area (Å²) in [6.07, 6.45) is 2.45. The van der Waals surface area contributed by atoms with E-state index in [-0.39, 0.29) is 0 Å². The van der Waals surface area contributed by atoms with Crippen molar-refractivity contribution in [3.63, 3.8) is 0 Å². The Morgan fingerprint density at radius 3 is 2.95 bits per heavy atom. The third-order valence-electron chi connectivity index (χ3n) is 3.63. The minimum absolute atomic E-state index is 0.401. The SMILES string of the molecule is CCOCCCNS(=O)(=O)c1ccc(C)c2c1CCCN2. The molecule has 1 aliphatic heterocycles. The molecule has 0 fully saturated rings. The van der Waals surface area contributed by atoms with E-state index in [2.05, 4.69) is 10.0 Å². The summed E-state index contributed by atoms with van der Waals surface area (Å²) in [4.78, 5) is 0.409. The van der Waals surface area contributed by atoms with E-state index >= 15 is 0 Å². The van der Waals surface area contributed by atoms with Gasteiger partial charge in [0.15, 0.2) is 0 Å². The molecule has 0 spiro atoms. The molecule has 0 radical (unpaired) electrons. The molecule has 6 heteroatoms. The van der Waals surface area contributed by atoms with Gasteiger partial charge in [-0.2, -0.15) is 0 Å². The van der Waals surface area contributed by atoms with Crippen LogP contribution in [0, 0.1) is 6.92 Å². The number of benzene rings is 1. The van der Waals surface area contributed by atoms with Gasteiger partial charge in [-0.25, -0.2) is 13.1 Å². The fraction of sp³-hybridized carbons (Fsp3) is 0.600. The summed E-state index contributed by atoms with van der Waals surface area (Å²) in [5.74, 6) is 0. The molecule has 0 saturated heterocycles. The standard InChI is InChI=1S/C15H24N2O3S/c1-3-20-11-5-10-17-21(18,19)14-8-7-12(2)15-13(14)6-4-9-16-15/h7-8,16-17H,3-6,9-11H2,1-2H3. The van der Waals surface area contributed by atoms with Crippen LogP contribution >= 0.6 is 0 Å². The Labute approximate surface area is 127 Å². The van der Waals surface area contributed by atoms with Gasteiger partial charge in [-0.1, -0.05) is 6.07 Å². The number of rotatable bonds is 7. The van der Waals surface area contributed by atoms with Crippen molar-refractivity contribution in [1.29, 1.82) is 0 Å². The largest absolute Gasteiger partial charge is 0.385 e. The van der Waals surface area contributed by atoms with Crippen molar-refractivity contribution in [1.82, 2.24) is 4.72 Å². The number of hydrogen-bond donors (Lipinski definition) is 2. The van der Waals surface area contributed by atoms with E-state index in [1.807, 2.05) is 19.9 Å². The third kappa shape index (κ3) is 3.96. The van der Waals surface area contributed by atoms with Crippen molar-refractivity contribution >= 4 is 15.7 Å². The Bertz CT molecular complexity index is 585. The van der Waals surface area contributed by atoms with Crippen LogP contribution in [0.25, 0.3) is 0 Å². The van der Waals surface area contributed by atoms with E-state index < -0.39 is 10.0 Å². The van der Waals surface area contributed by atoms with Gasteiger partial charge in [0.1, 0.15) is 0 Å². The van der Waals surface area contributed by atoms with Gasteiger partial charge in [0.05, 0.1) is 4.90 Å². The van der Waals surface area contributed by atoms with E-state index in [1.54, 1.807) is 6.07 Å². The van der Waals surface area contributed by atoms with Crippen LogP contribution in [0.15, 0.2) is 17.0 Å². The molecular formula is C15H24N2O3S. The van der Waals surface area contributed by atoms with Gasteiger partial charge in [0.25, 0.3) is 0 Å². The second-order valence-corrected chi connectivity index (χ2v) is 6.95. The monoisotopic (exact) mass is 312 g/mol. The fourth-order valence-corrected chi connectivity index (χ4v) is 3.92.